The van der Waals surface area contributed by atoms with E-state index in [-0.39, 0.29) is 6.04 Å². The molecule has 0 amide bonds. The summed E-state index contributed by atoms with van der Waals surface area (Å²) in [6.07, 6.45) is 2.49. The second-order valence-corrected chi connectivity index (χ2v) is 19.5. The van der Waals surface area contributed by atoms with Crippen LogP contribution in [0, 0.1) is 0 Å². The summed E-state index contributed by atoms with van der Waals surface area (Å²) >= 11 is 0. The molecule has 0 N–H and O–H groups in total. The van der Waals surface area contributed by atoms with Crippen molar-refractivity contribution in [2.24, 2.45) is 0 Å². The van der Waals surface area contributed by atoms with Crippen molar-refractivity contribution in [2.45, 2.75) is 45.2 Å². The second kappa shape index (κ2) is 8.62. The molecule has 1 unspecified atom stereocenters. The van der Waals surface area contributed by atoms with E-state index >= 15 is 0 Å². The molecule has 0 saturated carbocycles. The molecule has 2 aliphatic heterocycles. The maximum Gasteiger partial charge on any atom is 0.364 e. The van der Waals surface area contributed by atoms with Gasteiger partial charge < -0.3 is 4.42 Å². The molecule has 8 aromatic rings. The van der Waals surface area contributed by atoms with Crippen molar-refractivity contribution in [3.05, 3.63) is 127 Å². The Morgan fingerprint density at radius 3 is 2.30 bits per heavy atom. The molecule has 0 radical (unpaired) electrons. The van der Waals surface area contributed by atoms with Crippen molar-refractivity contribution < 1.29 is 13.6 Å². The minimum Gasteiger partial charge on any atom is -0.455 e. The highest BCUT2D eigenvalue weighted by molar-refractivity contribution is 6.88. The Labute approximate surface area is 268 Å². The van der Waals surface area contributed by atoms with E-state index < -0.39 is 13.7 Å². The first-order chi connectivity index (χ1) is 22.3. The van der Waals surface area contributed by atoms with Crippen molar-refractivity contribution >= 4 is 57.0 Å². The van der Waals surface area contributed by atoms with Gasteiger partial charge >= 0.3 is 11.5 Å². The molecule has 1 atom stereocenters. The molecule has 5 heteroatoms. The summed E-state index contributed by atoms with van der Waals surface area (Å²) in [6.45, 7) is 12.0. The van der Waals surface area contributed by atoms with Crippen LogP contribution in [0.3, 0.4) is 0 Å². The highest BCUT2D eigenvalue weighted by Gasteiger charge is 2.67. The van der Waals surface area contributed by atoms with Gasteiger partial charge in [-0.3, -0.25) is 0 Å². The molecule has 5 aromatic carbocycles. The van der Waals surface area contributed by atoms with Crippen molar-refractivity contribution in [1.29, 1.82) is 0 Å². The molecule has 222 valence electrons. The average Bonchev–Trinajstić information content (AvgIpc) is 3.77. The quantitative estimate of drug-likeness (QED) is 0.142. The van der Waals surface area contributed by atoms with Crippen LogP contribution in [0.4, 0.5) is 0 Å². The molecular weight excluding hydrogens is 579 g/mol. The predicted molar refractivity (Wildman–Crippen MR) is 189 cm³/mol. The maximum absolute atomic E-state index is 6.90. The Morgan fingerprint density at radius 2 is 1.48 bits per heavy atom. The Morgan fingerprint density at radius 1 is 0.717 bits per heavy atom. The highest BCUT2D eigenvalue weighted by Crippen LogP contribution is 2.52. The van der Waals surface area contributed by atoms with Gasteiger partial charge in [0.25, 0.3) is 0 Å². The van der Waals surface area contributed by atoms with Crippen molar-refractivity contribution in [2.75, 3.05) is 0 Å². The van der Waals surface area contributed by atoms with E-state index in [0.29, 0.717) is 0 Å². The molecule has 0 bridgehead atoms. The van der Waals surface area contributed by atoms with Gasteiger partial charge in [-0.15, -0.1) is 9.13 Å². The van der Waals surface area contributed by atoms with E-state index in [1.54, 1.807) is 0 Å². The molecular formula is C41H35N3OSi+2. The van der Waals surface area contributed by atoms with Gasteiger partial charge in [-0.2, -0.15) is 0 Å². The first kappa shape index (κ1) is 26.2. The minimum atomic E-state index is -1.66. The lowest BCUT2D eigenvalue weighted by atomic mass is 9.88. The number of furan rings is 1. The van der Waals surface area contributed by atoms with Crippen LogP contribution in [-0.2, 0) is 5.66 Å². The number of benzene rings is 5. The van der Waals surface area contributed by atoms with Gasteiger partial charge in [-0.1, -0.05) is 74.2 Å². The van der Waals surface area contributed by atoms with E-state index in [1.807, 2.05) is 0 Å². The normalized spacial score (nSPS) is 16.7. The summed E-state index contributed by atoms with van der Waals surface area (Å²) in [5.41, 5.74) is 10.1. The zero-order valence-corrected chi connectivity index (χ0v) is 27.8. The predicted octanol–water partition coefficient (Wildman–Crippen LogP) is 8.65. The van der Waals surface area contributed by atoms with Crippen molar-refractivity contribution in [3.63, 3.8) is 0 Å². The summed E-state index contributed by atoms with van der Waals surface area (Å²) < 4.78 is 14.8. The fourth-order valence-electron chi connectivity index (χ4n) is 8.57. The number of imidazole rings is 1. The van der Waals surface area contributed by atoms with E-state index in [0.717, 1.165) is 21.9 Å². The number of pyridine rings is 1. The first-order valence-corrected chi connectivity index (χ1v) is 19.9. The number of hydrogen-bond donors (Lipinski definition) is 0. The standard InChI is InChI=1S/C41H35N3OSi/c1-25(2)43-35-22-18-26-12-6-7-13-28(26)38(35)44-40(43)37-33(21-20-30-29-14-9-11-17-36(29)45-39(30)37)41(44)32-16-10-8-15-31(32)34-23-19-27(24-42(34)41)46(3,4)5/h6-25H,1-5H3/q+2. The molecule has 4 nitrogen and oxygen atoms in total. The molecule has 2 aliphatic rings. The van der Waals surface area contributed by atoms with Crippen LogP contribution in [0.1, 0.15) is 31.0 Å². The van der Waals surface area contributed by atoms with E-state index in [9.17, 15) is 0 Å². The molecule has 5 heterocycles. The lowest BCUT2D eigenvalue weighted by Crippen LogP contribution is -2.72. The van der Waals surface area contributed by atoms with Crippen LogP contribution < -0.4 is 14.3 Å². The summed E-state index contributed by atoms with van der Waals surface area (Å²) in [5, 5.41) is 6.28. The summed E-state index contributed by atoms with van der Waals surface area (Å²) in [5.74, 6) is 1.20. The van der Waals surface area contributed by atoms with E-state index in [4.69, 9.17) is 4.42 Å². The summed E-state index contributed by atoms with van der Waals surface area (Å²) in [7, 11) is -1.66. The molecule has 46 heavy (non-hydrogen) atoms. The molecule has 3 aromatic heterocycles. The number of rotatable bonds is 2. The van der Waals surface area contributed by atoms with E-state index in [1.165, 1.54) is 60.8 Å². The summed E-state index contributed by atoms with van der Waals surface area (Å²) in [4.78, 5) is 0. The van der Waals surface area contributed by atoms with Crippen LogP contribution in [0.2, 0.25) is 19.6 Å². The third-order valence-corrected chi connectivity index (χ3v) is 12.6. The van der Waals surface area contributed by atoms with Crippen LogP contribution in [0.25, 0.3) is 66.4 Å². The molecule has 0 fully saturated rings. The number of nitrogens with zero attached hydrogens (tertiary/aromatic N) is 3. The van der Waals surface area contributed by atoms with Crippen molar-refractivity contribution in [1.82, 2.24) is 4.57 Å². The number of aromatic nitrogens is 3. The fraction of sp³-hybridized carbons (Fsp3) is 0.171. The Hall–Kier alpha value is -5.00. The van der Waals surface area contributed by atoms with Gasteiger partial charge in [0, 0.05) is 27.4 Å². The van der Waals surface area contributed by atoms with Gasteiger partial charge in [0.05, 0.1) is 30.8 Å². The Kier molecular flexibility index (Phi) is 4.92. The first-order valence-electron chi connectivity index (χ1n) is 16.4. The molecule has 0 aliphatic carbocycles. The SMILES string of the molecule is CC(C)n1c2[n+](c3c4ccccc4ccc31)C1(c3ccccc3-c3ccc([Si](C)(C)C)c[n+]31)c1ccc3c(oc4ccccc43)c1-2. The van der Waals surface area contributed by atoms with Crippen LogP contribution in [0.15, 0.2) is 120 Å². The van der Waals surface area contributed by atoms with Crippen LogP contribution in [0.5, 0.6) is 0 Å². The fourth-order valence-corrected chi connectivity index (χ4v) is 9.67. The topological polar surface area (TPSA) is 25.8 Å². The highest BCUT2D eigenvalue weighted by atomic mass is 28.3. The van der Waals surface area contributed by atoms with Gasteiger partial charge in [0.15, 0.2) is 22.8 Å². The second-order valence-electron chi connectivity index (χ2n) is 14.4. The smallest absolute Gasteiger partial charge is 0.364 e. The summed E-state index contributed by atoms with van der Waals surface area (Å²) in [6, 6.07) is 40.7. The molecule has 0 saturated heterocycles. The zero-order chi connectivity index (χ0) is 31.1. The zero-order valence-electron chi connectivity index (χ0n) is 26.8. The van der Waals surface area contributed by atoms with Crippen LogP contribution in [-0.4, -0.2) is 12.6 Å². The third kappa shape index (κ3) is 3.00. The van der Waals surface area contributed by atoms with Gasteiger partial charge in [-0.25, -0.2) is 4.57 Å². The Bertz CT molecular complexity index is 2620. The lowest BCUT2D eigenvalue weighted by molar-refractivity contribution is -0.944. The monoisotopic (exact) mass is 613 g/mol. The van der Waals surface area contributed by atoms with Gasteiger partial charge in [-0.05, 0) is 67.8 Å². The minimum absolute atomic E-state index is 0.219. The van der Waals surface area contributed by atoms with Crippen molar-refractivity contribution in [3.8, 4) is 22.6 Å². The average molecular weight is 614 g/mol. The van der Waals surface area contributed by atoms with Gasteiger partial charge in [0.1, 0.15) is 11.1 Å². The number of fused-ring (bicyclic) bond motifs is 18. The van der Waals surface area contributed by atoms with Gasteiger partial charge in [0.2, 0.25) is 5.69 Å². The van der Waals surface area contributed by atoms with E-state index in [2.05, 4.69) is 163 Å². The third-order valence-electron chi connectivity index (χ3n) is 10.5. The Balaban J connectivity index is 1.52. The molecule has 1 spiro atoms. The van der Waals surface area contributed by atoms with Crippen LogP contribution >= 0.6 is 0 Å². The lowest BCUT2D eigenvalue weighted by Gasteiger charge is -2.22. The maximum atomic E-state index is 6.90. The number of para-hydroxylation sites is 1. The molecule has 10 rings (SSSR count). The number of hydrogen-bond acceptors (Lipinski definition) is 1. The largest absolute Gasteiger partial charge is 0.455 e.